The van der Waals surface area contributed by atoms with Crippen LogP contribution in [0.5, 0.6) is 0 Å². The van der Waals surface area contributed by atoms with Gasteiger partial charge in [-0.05, 0) is 41.8 Å². The topological polar surface area (TPSA) is 12.0 Å². The molecule has 0 saturated heterocycles. The third kappa shape index (κ3) is 8.06. The van der Waals surface area contributed by atoms with Crippen LogP contribution in [-0.4, -0.2) is 6.54 Å². The van der Waals surface area contributed by atoms with Crippen LogP contribution in [0.15, 0.2) is 16.8 Å². The Kier molecular flexibility index (Phi) is 11.0. The van der Waals surface area contributed by atoms with Crippen molar-refractivity contribution < 1.29 is 0 Å². The van der Waals surface area contributed by atoms with Crippen LogP contribution < -0.4 is 5.32 Å². The van der Waals surface area contributed by atoms with Crippen LogP contribution in [0.2, 0.25) is 0 Å². The van der Waals surface area contributed by atoms with Gasteiger partial charge in [-0.3, -0.25) is 0 Å². The molecule has 0 aliphatic heterocycles. The fraction of sp³-hybridized carbons (Fsp3) is 0.778. The summed E-state index contributed by atoms with van der Waals surface area (Å²) in [6.07, 6.45) is 13.8. The second kappa shape index (κ2) is 12.4. The summed E-state index contributed by atoms with van der Waals surface area (Å²) in [4.78, 5) is 0. The molecule has 0 aliphatic carbocycles. The third-order valence-corrected chi connectivity index (χ3v) is 4.63. The van der Waals surface area contributed by atoms with E-state index < -0.39 is 0 Å². The first kappa shape index (κ1) is 17.7. The lowest BCUT2D eigenvalue weighted by molar-refractivity contribution is 0.466. The molecule has 1 N–H and O–H groups in total. The number of hydrogen-bond acceptors (Lipinski definition) is 2. The molecule has 1 rings (SSSR count). The lowest BCUT2D eigenvalue weighted by Gasteiger charge is -2.17. The summed E-state index contributed by atoms with van der Waals surface area (Å²) < 4.78 is 0. The molecule has 0 amide bonds. The SMILES string of the molecule is CCCCCCCCCCC(NCCC)c1ccsc1. The largest absolute Gasteiger partial charge is 0.310 e. The number of thiophene rings is 1. The van der Waals surface area contributed by atoms with Crippen molar-refractivity contribution in [2.24, 2.45) is 0 Å². The van der Waals surface area contributed by atoms with Gasteiger partial charge in [0.2, 0.25) is 0 Å². The average Bonchev–Trinajstić information content (AvgIpc) is 2.99. The fourth-order valence-corrected chi connectivity index (χ4v) is 3.38. The predicted molar refractivity (Wildman–Crippen MR) is 92.6 cm³/mol. The first-order chi connectivity index (χ1) is 9.88. The minimum absolute atomic E-state index is 0.585. The number of nitrogens with one attached hydrogen (secondary N) is 1. The molecule has 0 aromatic carbocycles. The van der Waals surface area contributed by atoms with E-state index in [2.05, 4.69) is 36.0 Å². The van der Waals surface area contributed by atoms with E-state index in [4.69, 9.17) is 0 Å². The zero-order valence-corrected chi connectivity index (χ0v) is 14.3. The minimum Gasteiger partial charge on any atom is -0.310 e. The quantitative estimate of drug-likeness (QED) is 0.420. The van der Waals surface area contributed by atoms with Gasteiger partial charge in [0.1, 0.15) is 0 Å². The van der Waals surface area contributed by atoms with Crippen LogP contribution in [0.4, 0.5) is 0 Å². The Balaban J connectivity index is 2.10. The number of hydrogen-bond donors (Lipinski definition) is 1. The summed E-state index contributed by atoms with van der Waals surface area (Å²) in [7, 11) is 0. The molecule has 1 aromatic rings. The molecule has 0 aliphatic rings. The molecule has 116 valence electrons. The van der Waals surface area contributed by atoms with Gasteiger partial charge in [-0.1, -0.05) is 65.2 Å². The number of rotatable bonds is 13. The summed E-state index contributed by atoms with van der Waals surface area (Å²) in [5.74, 6) is 0. The lowest BCUT2D eigenvalue weighted by Crippen LogP contribution is -2.21. The Bertz CT molecular complexity index is 294. The van der Waals surface area contributed by atoms with Gasteiger partial charge >= 0.3 is 0 Å². The zero-order chi connectivity index (χ0) is 14.5. The molecule has 1 unspecified atom stereocenters. The third-order valence-electron chi connectivity index (χ3n) is 3.93. The van der Waals surface area contributed by atoms with Gasteiger partial charge in [-0.15, -0.1) is 0 Å². The molecule has 0 spiro atoms. The fourth-order valence-electron chi connectivity index (χ4n) is 2.66. The summed E-state index contributed by atoms with van der Waals surface area (Å²) in [6.45, 7) is 5.67. The van der Waals surface area contributed by atoms with Crippen LogP contribution in [0.25, 0.3) is 0 Å². The Hall–Kier alpha value is -0.340. The molecule has 1 nitrogen and oxygen atoms in total. The van der Waals surface area contributed by atoms with E-state index >= 15 is 0 Å². The van der Waals surface area contributed by atoms with E-state index in [1.807, 2.05) is 11.3 Å². The molecular weight excluding hydrogens is 262 g/mol. The normalized spacial score (nSPS) is 12.7. The van der Waals surface area contributed by atoms with Crippen LogP contribution >= 0.6 is 11.3 Å². The van der Waals surface area contributed by atoms with E-state index in [0.29, 0.717) is 6.04 Å². The van der Waals surface area contributed by atoms with Crippen LogP contribution in [0, 0.1) is 0 Å². The highest BCUT2D eigenvalue weighted by molar-refractivity contribution is 7.07. The maximum atomic E-state index is 3.70. The molecule has 1 atom stereocenters. The minimum atomic E-state index is 0.585. The average molecular weight is 296 g/mol. The summed E-state index contributed by atoms with van der Waals surface area (Å²) in [5.41, 5.74) is 1.49. The second-order valence-corrected chi connectivity index (χ2v) is 6.61. The van der Waals surface area contributed by atoms with Crippen molar-refractivity contribution >= 4 is 11.3 Å². The van der Waals surface area contributed by atoms with Crippen LogP contribution in [0.3, 0.4) is 0 Å². The van der Waals surface area contributed by atoms with Gasteiger partial charge in [0.15, 0.2) is 0 Å². The smallest absolute Gasteiger partial charge is 0.0328 e. The van der Waals surface area contributed by atoms with Gasteiger partial charge in [0.05, 0.1) is 0 Å². The Morgan fingerprint density at radius 3 is 2.25 bits per heavy atom. The first-order valence-electron chi connectivity index (χ1n) is 8.64. The van der Waals surface area contributed by atoms with Crippen molar-refractivity contribution in [3.05, 3.63) is 22.4 Å². The van der Waals surface area contributed by atoms with E-state index in [0.717, 1.165) is 6.54 Å². The van der Waals surface area contributed by atoms with E-state index in [1.54, 1.807) is 0 Å². The maximum absolute atomic E-state index is 3.70. The first-order valence-corrected chi connectivity index (χ1v) is 9.58. The summed E-state index contributed by atoms with van der Waals surface area (Å²) in [6, 6.07) is 2.87. The lowest BCUT2D eigenvalue weighted by atomic mass is 10.0. The predicted octanol–water partition coefficient (Wildman–Crippen LogP) is 6.32. The van der Waals surface area contributed by atoms with E-state index in [9.17, 15) is 0 Å². The standard InChI is InChI=1S/C18H33NS/c1-3-5-6-7-8-9-10-11-12-18(19-14-4-2)17-13-15-20-16-17/h13,15-16,18-19H,3-12,14H2,1-2H3. The molecular formula is C18H33NS. The summed E-state index contributed by atoms with van der Waals surface area (Å²) in [5, 5.41) is 8.20. The van der Waals surface area contributed by atoms with Gasteiger partial charge in [-0.25, -0.2) is 0 Å². The van der Waals surface area contributed by atoms with Crippen LogP contribution in [-0.2, 0) is 0 Å². The monoisotopic (exact) mass is 295 g/mol. The number of unbranched alkanes of at least 4 members (excludes halogenated alkanes) is 7. The molecule has 1 aromatic heterocycles. The van der Waals surface area contributed by atoms with Gasteiger partial charge < -0.3 is 5.32 Å². The van der Waals surface area contributed by atoms with Crippen molar-refractivity contribution in [2.75, 3.05) is 6.54 Å². The van der Waals surface area contributed by atoms with E-state index in [-0.39, 0.29) is 0 Å². The van der Waals surface area contributed by atoms with Crippen molar-refractivity contribution in [1.29, 1.82) is 0 Å². The molecule has 20 heavy (non-hydrogen) atoms. The van der Waals surface area contributed by atoms with E-state index in [1.165, 1.54) is 69.8 Å². The van der Waals surface area contributed by atoms with Crippen molar-refractivity contribution in [3.63, 3.8) is 0 Å². The van der Waals surface area contributed by atoms with Gasteiger partial charge in [-0.2, -0.15) is 11.3 Å². The highest BCUT2D eigenvalue weighted by atomic mass is 32.1. The highest BCUT2D eigenvalue weighted by Crippen LogP contribution is 2.22. The van der Waals surface area contributed by atoms with Crippen molar-refractivity contribution in [2.45, 2.75) is 84.1 Å². The Labute approximate surface area is 130 Å². The molecule has 2 heteroatoms. The molecule has 0 fully saturated rings. The molecule has 0 radical (unpaired) electrons. The molecule has 0 saturated carbocycles. The Morgan fingerprint density at radius 2 is 1.65 bits per heavy atom. The molecule has 1 heterocycles. The van der Waals surface area contributed by atoms with Crippen LogP contribution in [0.1, 0.15) is 89.7 Å². The summed E-state index contributed by atoms with van der Waals surface area (Å²) >= 11 is 1.82. The molecule has 0 bridgehead atoms. The Morgan fingerprint density at radius 1 is 0.950 bits per heavy atom. The highest BCUT2D eigenvalue weighted by Gasteiger charge is 2.10. The maximum Gasteiger partial charge on any atom is 0.0328 e. The van der Waals surface area contributed by atoms with Crippen molar-refractivity contribution in [3.8, 4) is 0 Å². The van der Waals surface area contributed by atoms with Crippen molar-refractivity contribution in [1.82, 2.24) is 5.32 Å². The van der Waals surface area contributed by atoms with Gasteiger partial charge in [0, 0.05) is 6.04 Å². The zero-order valence-electron chi connectivity index (χ0n) is 13.5. The van der Waals surface area contributed by atoms with Gasteiger partial charge in [0.25, 0.3) is 0 Å². The second-order valence-electron chi connectivity index (χ2n) is 5.83.